The quantitative estimate of drug-likeness (QED) is 0.401. The summed E-state index contributed by atoms with van der Waals surface area (Å²) in [7, 11) is 1.24. The molecule has 6 heteroatoms. The Morgan fingerprint density at radius 3 is 1.82 bits per heavy atom. The first-order valence-corrected chi connectivity index (χ1v) is 8.44. The van der Waals surface area contributed by atoms with Gasteiger partial charge >= 0.3 is 12.1 Å². The van der Waals surface area contributed by atoms with E-state index in [1.54, 1.807) is 43.3 Å². The Labute approximate surface area is 161 Å². The van der Waals surface area contributed by atoms with E-state index in [2.05, 4.69) is 4.74 Å². The Bertz CT molecular complexity index is 991. The molecule has 0 aromatic heterocycles. The second kappa shape index (κ2) is 8.26. The molecule has 0 aliphatic rings. The molecule has 3 rings (SSSR count). The first-order valence-electron chi connectivity index (χ1n) is 8.44. The van der Waals surface area contributed by atoms with E-state index in [1.165, 1.54) is 25.3 Å². The predicted octanol–water partition coefficient (Wildman–Crippen LogP) is 4.73. The van der Waals surface area contributed by atoms with Crippen molar-refractivity contribution in [2.75, 3.05) is 7.11 Å². The number of phenols is 1. The van der Waals surface area contributed by atoms with Gasteiger partial charge in [-0.1, -0.05) is 24.3 Å². The zero-order chi connectivity index (χ0) is 20.1. The Balaban J connectivity index is 1.69. The van der Waals surface area contributed by atoms with Gasteiger partial charge in [-0.2, -0.15) is 0 Å². The highest BCUT2D eigenvalue weighted by molar-refractivity contribution is 5.92. The van der Waals surface area contributed by atoms with Crippen molar-refractivity contribution < 1.29 is 28.9 Å². The van der Waals surface area contributed by atoms with E-state index in [4.69, 9.17) is 9.47 Å². The van der Waals surface area contributed by atoms with Gasteiger partial charge in [0.15, 0.2) is 0 Å². The summed E-state index contributed by atoms with van der Waals surface area (Å²) < 4.78 is 14.8. The SMILES string of the molecule is COC(=O)Oc1ccc(-c2ccc(OC(=O)c3ccc(O)cc3C)cc2)cc1. The molecule has 3 aromatic rings. The van der Waals surface area contributed by atoms with Gasteiger partial charge < -0.3 is 19.3 Å². The normalized spacial score (nSPS) is 10.2. The smallest absolute Gasteiger partial charge is 0.508 e. The molecule has 0 radical (unpaired) electrons. The van der Waals surface area contributed by atoms with Crippen molar-refractivity contribution >= 4 is 12.1 Å². The summed E-state index contributed by atoms with van der Waals surface area (Å²) in [6.45, 7) is 1.73. The van der Waals surface area contributed by atoms with Gasteiger partial charge in [-0.25, -0.2) is 9.59 Å². The van der Waals surface area contributed by atoms with Crippen molar-refractivity contribution in [1.82, 2.24) is 0 Å². The maximum absolute atomic E-state index is 12.3. The molecule has 0 saturated carbocycles. The van der Waals surface area contributed by atoms with Crippen LogP contribution in [0.1, 0.15) is 15.9 Å². The largest absolute Gasteiger partial charge is 0.513 e. The van der Waals surface area contributed by atoms with Gasteiger partial charge in [0.25, 0.3) is 0 Å². The van der Waals surface area contributed by atoms with Gasteiger partial charge in [0.05, 0.1) is 12.7 Å². The molecule has 0 heterocycles. The maximum atomic E-state index is 12.3. The van der Waals surface area contributed by atoms with Crippen LogP contribution in [-0.4, -0.2) is 24.3 Å². The molecule has 0 amide bonds. The van der Waals surface area contributed by atoms with Gasteiger partial charge in [0.2, 0.25) is 0 Å². The van der Waals surface area contributed by atoms with Gasteiger partial charge in [-0.3, -0.25) is 0 Å². The Morgan fingerprint density at radius 2 is 1.32 bits per heavy atom. The van der Waals surface area contributed by atoms with Gasteiger partial charge in [0, 0.05) is 0 Å². The summed E-state index contributed by atoms with van der Waals surface area (Å²) in [6.07, 6.45) is -0.775. The number of ether oxygens (including phenoxy) is 3. The van der Waals surface area contributed by atoms with Gasteiger partial charge in [-0.05, 0) is 66.1 Å². The van der Waals surface area contributed by atoms with E-state index in [0.717, 1.165) is 11.1 Å². The number of methoxy groups -OCH3 is 1. The summed E-state index contributed by atoms with van der Waals surface area (Å²) in [5.41, 5.74) is 2.84. The molecule has 1 N–H and O–H groups in total. The van der Waals surface area contributed by atoms with Crippen LogP contribution < -0.4 is 9.47 Å². The lowest BCUT2D eigenvalue weighted by Crippen LogP contribution is -2.10. The van der Waals surface area contributed by atoms with Crippen LogP contribution in [0.15, 0.2) is 66.7 Å². The summed E-state index contributed by atoms with van der Waals surface area (Å²) in [5, 5.41) is 9.44. The lowest BCUT2D eigenvalue weighted by atomic mass is 10.1. The van der Waals surface area contributed by atoms with Crippen LogP contribution in [-0.2, 0) is 4.74 Å². The number of aryl methyl sites for hydroxylation is 1. The molecule has 3 aromatic carbocycles. The summed E-state index contributed by atoms with van der Waals surface area (Å²) in [5.74, 6) is 0.397. The molecular formula is C22H18O6. The zero-order valence-electron chi connectivity index (χ0n) is 15.3. The number of phenolic OH excluding ortho intramolecular Hbond substituents is 1. The Morgan fingerprint density at radius 1 is 0.786 bits per heavy atom. The summed E-state index contributed by atoms with van der Waals surface area (Å²) in [4.78, 5) is 23.4. The number of carbonyl (C=O) groups excluding carboxylic acids is 2. The van der Waals surface area contributed by atoms with Crippen LogP contribution in [0.4, 0.5) is 4.79 Å². The van der Waals surface area contributed by atoms with Crippen molar-refractivity contribution in [3.63, 3.8) is 0 Å². The van der Waals surface area contributed by atoms with E-state index < -0.39 is 12.1 Å². The van der Waals surface area contributed by atoms with E-state index >= 15 is 0 Å². The fraction of sp³-hybridized carbons (Fsp3) is 0.0909. The van der Waals surface area contributed by atoms with Crippen molar-refractivity contribution in [1.29, 1.82) is 0 Å². The van der Waals surface area contributed by atoms with Gasteiger partial charge in [-0.15, -0.1) is 0 Å². The van der Waals surface area contributed by atoms with Crippen LogP contribution in [0.25, 0.3) is 11.1 Å². The van der Waals surface area contributed by atoms with Crippen LogP contribution >= 0.6 is 0 Å². The van der Waals surface area contributed by atoms with Crippen molar-refractivity contribution in [3.8, 4) is 28.4 Å². The lowest BCUT2D eigenvalue weighted by molar-refractivity contribution is 0.0734. The number of aromatic hydroxyl groups is 1. The molecule has 0 aliphatic heterocycles. The van der Waals surface area contributed by atoms with Crippen molar-refractivity contribution in [2.24, 2.45) is 0 Å². The number of rotatable bonds is 4. The molecule has 0 atom stereocenters. The van der Waals surface area contributed by atoms with Crippen LogP contribution in [0.5, 0.6) is 17.2 Å². The first-order chi connectivity index (χ1) is 13.5. The van der Waals surface area contributed by atoms with Crippen LogP contribution in [0, 0.1) is 6.92 Å². The minimum Gasteiger partial charge on any atom is -0.508 e. The Hall–Kier alpha value is -3.80. The third kappa shape index (κ3) is 4.48. The molecule has 6 nitrogen and oxygen atoms in total. The topological polar surface area (TPSA) is 82.1 Å². The van der Waals surface area contributed by atoms with Crippen molar-refractivity contribution in [2.45, 2.75) is 6.92 Å². The third-order valence-corrected chi connectivity index (χ3v) is 4.05. The minimum atomic E-state index is -0.775. The molecular weight excluding hydrogens is 360 g/mol. The van der Waals surface area contributed by atoms with Gasteiger partial charge in [0.1, 0.15) is 17.2 Å². The molecule has 0 aliphatic carbocycles. The molecule has 28 heavy (non-hydrogen) atoms. The van der Waals surface area contributed by atoms with Crippen molar-refractivity contribution in [3.05, 3.63) is 77.9 Å². The average Bonchev–Trinajstić information content (AvgIpc) is 2.69. The number of benzene rings is 3. The third-order valence-electron chi connectivity index (χ3n) is 4.05. The zero-order valence-corrected chi connectivity index (χ0v) is 15.3. The highest BCUT2D eigenvalue weighted by Gasteiger charge is 2.12. The van der Waals surface area contributed by atoms with E-state index in [1.807, 2.05) is 12.1 Å². The number of hydrogen-bond acceptors (Lipinski definition) is 6. The maximum Gasteiger partial charge on any atom is 0.513 e. The predicted molar refractivity (Wildman–Crippen MR) is 103 cm³/mol. The molecule has 0 fully saturated rings. The number of hydrogen-bond donors (Lipinski definition) is 1. The lowest BCUT2D eigenvalue weighted by Gasteiger charge is -2.08. The molecule has 0 unspecified atom stereocenters. The van der Waals surface area contributed by atoms with E-state index in [0.29, 0.717) is 22.6 Å². The molecule has 0 bridgehead atoms. The first kappa shape index (κ1) is 19.0. The fourth-order valence-corrected chi connectivity index (χ4v) is 2.61. The average molecular weight is 378 g/mol. The fourth-order valence-electron chi connectivity index (χ4n) is 2.61. The highest BCUT2D eigenvalue weighted by atomic mass is 16.7. The van der Waals surface area contributed by atoms with E-state index in [9.17, 15) is 14.7 Å². The second-order valence-corrected chi connectivity index (χ2v) is 5.99. The van der Waals surface area contributed by atoms with E-state index in [-0.39, 0.29) is 5.75 Å². The summed E-state index contributed by atoms with van der Waals surface area (Å²) in [6, 6.07) is 18.4. The minimum absolute atomic E-state index is 0.0985. The monoisotopic (exact) mass is 378 g/mol. The second-order valence-electron chi connectivity index (χ2n) is 5.99. The highest BCUT2D eigenvalue weighted by Crippen LogP contribution is 2.25. The van der Waals surface area contributed by atoms with Crippen LogP contribution in [0.2, 0.25) is 0 Å². The molecule has 0 saturated heterocycles. The summed E-state index contributed by atoms with van der Waals surface area (Å²) >= 11 is 0. The molecule has 0 spiro atoms. The Kier molecular flexibility index (Phi) is 5.60. The number of carbonyl (C=O) groups is 2. The molecule has 142 valence electrons. The van der Waals surface area contributed by atoms with Crippen LogP contribution in [0.3, 0.4) is 0 Å². The standard InChI is InChI=1S/C22H18O6/c1-14-13-17(23)7-12-20(14)21(24)27-18-8-3-15(4-9-18)16-5-10-19(11-6-16)28-22(25)26-2/h3-13,23H,1-2H3. The number of esters is 1.